The summed E-state index contributed by atoms with van der Waals surface area (Å²) in [6.07, 6.45) is 3.40. The molecular weight excluding hydrogens is 170 g/mol. The Morgan fingerprint density at radius 1 is 1.33 bits per heavy atom. The summed E-state index contributed by atoms with van der Waals surface area (Å²) in [7, 11) is 0. The molecule has 0 bridgehead atoms. The maximum atomic E-state index is 4.21. The molecule has 1 aromatic rings. The monoisotopic (exact) mass is 181 g/mol. The second kappa shape index (κ2) is 3.76. The Kier molecular flexibility index (Phi) is 2.46. The summed E-state index contributed by atoms with van der Waals surface area (Å²) in [5, 5.41) is 0. The summed E-state index contributed by atoms with van der Waals surface area (Å²) in [5.41, 5.74) is 0. The molecule has 0 spiro atoms. The van der Waals surface area contributed by atoms with Crippen LogP contribution in [0.3, 0.4) is 0 Å². The highest BCUT2D eigenvalue weighted by molar-refractivity contribution is 7.99. The van der Waals surface area contributed by atoms with Crippen molar-refractivity contribution in [3.8, 4) is 0 Å². The van der Waals surface area contributed by atoms with Crippen LogP contribution in [0.25, 0.3) is 0 Å². The first-order valence-corrected chi connectivity index (χ1v) is 5.21. The van der Waals surface area contributed by atoms with Crippen LogP contribution in [0.4, 0.5) is 5.82 Å². The molecule has 1 aliphatic heterocycles. The van der Waals surface area contributed by atoms with Gasteiger partial charge in [-0.2, -0.15) is 11.8 Å². The Hall–Kier alpha value is -0.770. The third-order valence-electron chi connectivity index (χ3n) is 1.90. The van der Waals surface area contributed by atoms with Gasteiger partial charge in [0.15, 0.2) is 0 Å². The molecule has 1 saturated heterocycles. The van der Waals surface area contributed by atoms with Crippen molar-refractivity contribution in [2.24, 2.45) is 0 Å². The van der Waals surface area contributed by atoms with Crippen LogP contribution in [0.5, 0.6) is 0 Å². The van der Waals surface area contributed by atoms with Crippen molar-refractivity contribution in [1.82, 2.24) is 9.97 Å². The van der Waals surface area contributed by atoms with E-state index >= 15 is 0 Å². The van der Waals surface area contributed by atoms with Crippen molar-refractivity contribution in [3.63, 3.8) is 0 Å². The summed E-state index contributed by atoms with van der Waals surface area (Å²) >= 11 is 2.01. The van der Waals surface area contributed by atoms with Gasteiger partial charge in [0.25, 0.3) is 0 Å². The smallest absolute Gasteiger partial charge is 0.131 e. The third-order valence-corrected chi connectivity index (χ3v) is 2.84. The van der Waals surface area contributed by atoms with Crippen molar-refractivity contribution >= 4 is 17.6 Å². The van der Waals surface area contributed by atoms with E-state index in [1.54, 1.807) is 12.5 Å². The van der Waals surface area contributed by atoms with E-state index in [9.17, 15) is 0 Å². The van der Waals surface area contributed by atoms with Crippen molar-refractivity contribution in [1.29, 1.82) is 0 Å². The van der Waals surface area contributed by atoms with Gasteiger partial charge in [0.05, 0.1) is 0 Å². The molecule has 2 rings (SSSR count). The standard InChI is InChI=1S/C8H11N3S/c1-2-9-7-10-8(1)11-3-5-12-6-4-11/h1-2,7H,3-6H2. The van der Waals surface area contributed by atoms with Crippen molar-refractivity contribution in [2.45, 2.75) is 0 Å². The van der Waals surface area contributed by atoms with Crippen LogP contribution >= 0.6 is 11.8 Å². The Morgan fingerprint density at radius 2 is 2.17 bits per heavy atom. The molecule has 4 heteroatoms. The first kappa shape index (κ1) is 7.86. The number of thioether (sulfide) groups is 1. The van der Waals surface area contributed by atoms with Crippen LogP contribution in [-0.2, 0) is 0 Å². The predicted octanol–water partition coefficient (Wildman–Crippen LogP) is 1.03. The van der Waals surface area contributed by atoms with E-state index in [0.717, 1.165) is 18.9 Å². The highest BCUT2D eigenvalue weighted by Crippen LogP contribution is 2.15. The van der Waals surface area contributed by atoms with E-state index < -0.39 is 0 Å². The average molecular weight is 181 g/mol. The van der Waals surface area contributed by atoms with Gasteiger partial charge in [0.1, 0.15) is 12.1 Å². The van der Waals surface area contributed by atoms with Crippen LogP contribution in [0.2, 0.25) is 0 Å². The lowest BCUT2D eigenvalue weighted by molar-refractivity contribution is 0.835. The lowest BCUT2D eigenvalue weighted by Gasteiger charge is -2.26. The molecule has 1 fully saturated rings. The summed E-state index contributed by atoms with van der Waals surface area (Å²) in [5.74, 6) is 3.49. The zero-order valence-corrected chi connectivity index (χ0v) is 7.63. The minimum absolute atomic E-state index is 1.06. The molecule has 0 amide bonds. The molecule has 0 aliphatic carbocycles. The topological polar surface area (TPSA) is 29.0 Å². The number of anilines is 1. The zero-order valence-electron chi connectivity index (χ0n) is 6.81. The molecule has 1 aliphatic rings. The number of hydrogen-bond acceptors (Lipinski definition) is 4. The van der Waals surface area contributed by atoms with Crippen molar-refractivity contribution in [3.05, 3.63) is 18.6 Å². The fourth-order valence-electron chi connectivity index (χ4n) is 1.26. The summed E-state index contributed by atoms with van der Waals surface area (Å²) < 4.78 is 0. The van der Waals surface area contributed by atoms with Crippen LogP contribution < -0.4 is 4.90 Å². The molecule has 0 atom stereocenters. The largest absolute Gasteiger partial charge is 0.355 e. The third kappa shape index (κ3) is 1.69. The van der Waals surface area contributed by atoms with Crippen molar-refractivity contribution < 1.29 is 0 Å². The normalized spacial score (nSPS) is 17.8. The van der Waals surface area contributed by atoms with Gasteiger partial charge in [0, 0.05) is 30.8 Å². The van der Waals surface area contributed by atoms with Crippen LogP contribution in [-0.4, -0.2) is 34.6 Å². The number of hydrogen-bond donors (Lipinski definition) is 0. The van der Waals surface area contributed by atoms with E-state index in [-0.39, 0.29) is 0 Å². The summed E-state index contributed by atoms with van der Waals surface area (Å²) in [6, 6.07) is 1.97. The Morgan fingerprint density at radius 3 is 2.83 bits per heavy atom. The first-order chi connectivity index (χ1) is 5.97. The number of aromatic nitrogens is 2. The molecule has 0 aromatic carbocycles. The van der Waals surface area contributed by atoms with Gasteiger partial charge >= 0.3 is 0 Å². The Balaban J connectivity index is 2.08. The predicted molar refractivity (Wildman–Crippen MR) is 51.6 cm³/mol. The van der Waals surface area contributed by atoms with Gasteiger partial charge in [-0.1, -0.05) is 0 Å². The van der Waals surface area contributed by atoms with Gasteiger partial charge < -0.3 is 4.90 Å². The minimum Gasteiger partial charge on any atom is -0.355 e. The molecule has 0 N–H and O–H groups in total. The molecule has 0 radical (unpaired) electrons. The first-order valence-electron chi connectivity index (χ1n) is 4.05. The number of rotatable bonds is 1. The van der Waals surface area contributed by atoms with E-state index in [4.69, 9.17) is 0 Å². The molecule has 12 heavy (non-hydrogen) atoms. The molecule has 2 heterocycles. The van der Waals surface area contributed by atoms with Crippen LogP contribution in [0.1, 0.15) is 0 Å². The summed E-state index contributed by atoms with van der Waals surface area (Å²) in [4.78, 5) is 10.4. The van der Waals surface area contributed by atoms with Crippen LogP contribution in [0, 0.1) is 0 Å². The molecule has 3 nitrogen and oxygen atoms in total. The highest BCUT2D eigenvalue weighted by atomic mass is 32.2. The molecule has 1 aromatic heterocycles. The van der Waals surface area contributed by atoms with Gasteiger partial charge in [0.2, 0.25) is 0 Å². The second-order valence-electron chi connectivity index (χ2n) is 2.67. The van der Waals surface area contributed by atoms with Crippen molar-refractivity contribution in [2.75, 3.05) is 29.5 Å². The van der Waals surface area contributed by atoms with E-state index in [1.807, 2.05) is 17.8 Å². The van der Waals surface area contributed by atoms with Gasteiger partial charge in [-0.25, -0.2) is 9.97 Å². The van der Waals surface area contributed by atoms with Crippen LogP contribution in [0.15, 0.2) is 18.6 Å². The average Bonchev–Trinajstić information content (AvgIpc) is 2.21. The Bertz CT molecular complexity index is 233. The van der Waals surface area contributed by atoms with Gasteiger partial charge in [-0.3, -0.25) is 0 Å². The molecule has 64 valence electrons. The molecule has 0 saturated carbocycles. The Labute approximate surface area is 76.2 Å². The fourth-order valence-corrected chi connectivity index (χ4v) is 2.17. The maximum absolute atomic E-state index is 4.21. The minimum atomic E-state index is 1.06. The maximum Gasteiger partial charge on any atom is 0.131 e. The van der Waals surface area contributed by atoms with E-state index in [2.05, 4.69) is 14.9 Å². The highest BCUT2D eigenvalue weighted by Gasteiger charge is 2.10. The quantitative estimate of drug-likeness (QED) is 0.647. The fraction of sp³-hybridized carbons (Fsp3) is 0.500. The SMILES string of the molecule is c1cc(N2CCSCC2)ncn1. The lowest BCUT2D eigenvalue weighted by atomic mass is 10.4. The van der Waals surface area contributed by atoms with E-state index in [1.165, 1.54) is 11.5 Å². The van der Waals surface area contributed by atoms with Gasteiger partial charge in [-0.15, -0.1) is 0 Å². The zero-order chi connectivity index (χ0) is 8.23. The molecular formula is C8H11N3S. The van der Waals surface area contributed by atoms with Gasteiger partial charge in [-0.05, 0) is 6.07 Å². The number of nitrogens with zero attached hydrogens (tertiary/aromatic N) is 3. The summed E-state index contributed by atoms with van der Waals surface area (Å²) in [6.45, 7) is 2.23. The lowest BCUT2D eigenvalue weighted by Crippen LogP contribution is -2.32. The molecule has 0 unspecified atom stereocenters. The second-order valence-corrected chi connectivity index (χ2v) is 3.89. The van der Waals surface area contributed by atoms with E-state index in [0.29, 0.717) is 0 Å².